The van der Waals surface area contributed by atoms with Gasteiger partial charge in [-0.3, -0.25) is 9.59 Å². The second-order valence-electron chi connectivity index (χ2n) is 5.38. The summed E-state index contributed by atoms with van der Waals surface area (Å²) in [6.07, 6.45) is 0.399. The van der Waals surface area contributed by atoms with Crippen LogP contribution in [0.3, 0.4) is 0 Å². The van der Waals surface area contributed by atoms with Crippen LogP contribution >= 0.6 is 0 Å². The number of Topliss-reactive ketones (excluding diaryl/α,β-unsaturated/α-hetero) is 1. The quantitative estimate of drug-likeness (QED) is 0.234. The van der Waals surface area contributed by atoms with Crippen LogP contribution in [-0.4, -0.2) is 12.1 Å². The van der Waals surface area contributed by atoms with Crippen LogP contribution in [0, 0.1) is 0 Å². The molecule has 0 saturated heterocycles. The minimum atomic E-state index is -0.475. The van der Waals surface area contributed by atoms with Gasteiger partial charge in [0.2, 0.25) is 5.78 Å². The van der Waals surface area contributed by atoms with Crippen molar-refractivity contribution in [1.29, 1.82) is 0 Å². The maximum absolute atomic E-state index is 12.2. The molecule has 0 spiro atoms. The van der Waals surface area contributed by atoms with Crippen molar-refractivity contribution < 1.29 is 9.59 Å². The van der Waals surface area contributed by atoms with E-state index in [4.69, 9.17) is 0 Å². The molecule has 0 radical (unpaired) electrons. The standard InChI is InChI=1S/C20H12O2/c21-12-19(22)20-17-8-4-3-7-15(17)10-16-9-13-5-1-2-6-14(13)11-18(16)20/h1-12H. The molecule has 0 unspecified atom stereocenters. The molecule has 104 valence electrons. The topological polar surface area (TPSA) is 34.1 Å². The first kappa shape index (κ1) is 12.7. The molecule has 2 heteroatoms. The molecule has 0 amide bonds. The van der Waals surface area contributed by atoms with E-state index in [1.807, 2.05) is 54.6 Å². The summed E-state index contributed by atoms with van der Waals surface area (Å²) in [5.74, 6) is -0.475. The highest BCUT2D eigenvalue weighted by Gasteiger charge is 2.14. The van der Waals surface area contributed by atoms with Crippen LogP contribution in [0.1, 0.15) is 10.4 Å². The van der Waals surface area contributed by atoms with Gasteiger partial charge in [0.15, 0.2) is 6.29 Å². The van der Waals surface area contributed by atoms with Gasteiger partial charge >= 0.3 is 0 Å². The minimum Gasteiger partial charge on any atom is -0.294 e. The molecule has 0 aliphatic rings. The molecule has 22 heavy (non-hydrogen) atoms. The summed E-state index contributed by atoms with van der Waals surface area (Å²) in [6.45, 7) is 0. The summed E-state index contributed by atoms with van der Waals surface area (Å²) >= 11 is 0. The number of carbonyl (C=O) groups excluding carboxylic acids is 2. The van der Waals surface area contributed by atoms with E-state index in [2.05, 4.69) is 12.1 Å². The van der Waals surface area contributed by atoms with Crippen LogP contribution in [0.4, 0.5) is 0 Å². The van der Waals surface area contributed by atoms with Crippen LogP contribution in [0.25, 0.3) is 32.3 Å². The lowest BCUT2D eigenvalue weighted by Gasteiger charge is -2.10. The molecule has 2 nitrogen and oxygen atoms in total. The van der Waals surface area contributed by atoms with E-state index in [-0.39, 0.29) is 0 Å². The van der Waals surface area contributed by atoms with Gasteiger partial charge in [0.05, 0.1) is 0 Å². The summed E-state index contributed by atoms with van der Waals surface area (Å²) in [4.78, 5) is 23.3. The monoisotopic (exact) mass is 284 g/mol. The van der Waals surface area contributed by atoms with E-state index >= 15 is 0 Å². The van der Waals surface area contributed by atoms with Crippen molar-refractivity contribution in [3.05, 3.63) is 72.3 Å². The number of benzene rings is 4. The van der Waals surface area contributed by atoms with Crippen molar-refractivity contribution in [2.45, 2.75) is 0 Å². The molecule has 0 aliphatic heterocycles. The van der Waals surface area contributed by atoms with Crippen molar-refractivity contribution in [1.82, 2.24) is 0 Å². The highest BCUT2D eigenvalue weighted by atomic mass is 16.2. The average molecular weight is 284 g/mol. The maximum atomic E-state index is 12.2. The second kappa shape index (κ2) is 4.78. The molecule has 0 fully saturated rings. The van der Waals surface area contributed by atoms with Crippen LogP contribution < -0.4 is 0 Å². The van der Waals surface area contributed by atoms with Crippen LogP contribution in [-0.2, 0) is 4.79 Å². The zero-order valence-corrected chi connectivity index (χ0v) is 11.7. The molecule has 0 aromatic heterocycles. The van der Waals surface area contributed by atoms with Crippen LogP contribution in [0.5, 0.6) is 0 Å². The van der Waals surface area contributed by atoms with E-state index in [9.17, 15) is 9.59 Å². The molecule has 0 saturated carbocycles. The lowest BCUT2D eigenvalue weighted by Crippen LogP contribution is -2.02. The lowest BCUT2D eigenvalue weighted by molar-refractivity contribution is -0.104. The Labute approximate surface area is 127 Å². The Bertz CT molecular complexity index is 1060. The number of ketones is 1. The Morgan fingerprint density at radius 1 is 0.682 bits per heavy atom. The number of carbonyl (C=O) groups is 2. The predicted molar refractivity (Wildman–Crippen MR) is 89.4 cm³/mol. The molecule has 0 bridgehead atoms. The van der Waals surface area contributed by atoms with E-state index in [1.54, 1.807) is 0 Å². The summed E-state index contributed by atoms with van der Waals surface area (Å²) in [5, 5.41) is 5.77. The Morgan fingerprint density at radius 2 is 1.27 bits per heavy atom. The Kier molecular flexibility index (Phi) is 2.76. The maximum Gasteiger partial charge on any atom is 0.226 e. The third kappa shape index (κ3) is 1.81. The fourth-order valence-corrected chi connectivity index (χ4v) is 3.08. The lowest BCUT2D eigenvalue weighted by atomic mass is 9.92. The van der Waals surface area contributed by atoms with Gasteiger partial charge < -0.3 is 0 Å². The fourth-order valence-electron chi connectivity index (χ4n) is 3.08. The highest BCUT2D eigenvalue weighted by Crippen LogP contribution is 2.31. The first-order valence-corrected chi connectivity index (χ1v) is 7.12. The summed E-state index contributed by atoms with van der Waals surface area (Å²) in [7, 11) is 0. The summed E-state index contributed by atoms with van der Waals surface area (Å²) in [6, 6.07) is 21.8. The summed E-state index contributed by atoms with van der Waals surface area (Å²) < 4.78 is 0. The molecule has 4 rings (SSSR count). The van der Waals surface area contributed by atoms with E-state index in [1.165, 1.54) is 0 Å². The van der Waals surface area contributed by atoms with Gasteiger partial charge in [-0.25, -0.2) is 0 Å². The SMILES string of the molecule is O=CC(=O)c1c2ccccc2cc2cc3ccccc3cc12. The summed E-state index contributed by atoms with van der Waals surface area (Å²) in [5.41, 5.74) is 0.494. The molecule has 0 N–H and O–H groups in total. The van der Waals surface area contributed by atoms with Gasteiger partial charge in [-0.2, -0.15) is 0 Å². The van der Waals surface area contributed by atoms with Crippen molar-refractivity contribution in [3.8, 4) is 0 Å². The molecule has 0 heterocycles. The Balaban J connectivity index is 2.27. The number of hydrogen-bond donors (Lipinski definition) is 0. The molecule has 0 aliphatic carbocycles. The first-order chi connectivity index (χ1) is 10.8. The number of aldehydes is 1. The first-order valence-electron chi connectivity index (χ1n) is 7.12. The normalized spacial score (nSPS) is 11.1. The van der Waals surface area contributed by atoms with E-state index in [0.29, 0.717) is 11.8 Å². The third-order valence-electron chi connectivity index (χ3n) is 4.08. The molecular weight excluding hydrogens is 272 g/mol. The zero-order valence-electron chi connectivity index (χ0n) is 11.7. The molecule has 4 aromatic rings. The minimum absolute atomic E-state index is 0.399. The number of hydrogen-bond acceptors (Lipinski definition) is 2. The van der Waals surface area contributed by atoms with Gasteiger partial charge in [-0.1, -0.05) is 48.5 Å². The van der Waals surface area contributed by atoms with Gasteiger partial charge in [-0.05, 0) is 50.5 Å². The third-order valence-corrected chi connectivity index (χ3v) is 4.08. The largest absolute Gasteiger partial charge is 0.294 e. The smallest absolute Gasteiger partial charge is 0.226 e. The van der Waals surface area contributed by atoms with Crippen molar-refractivity contribution >= 4 is 44.4 Å². The second-order valence-corrected chi connectivity index (χ2v) is 5.38. The fraction of sp³-hybridized carbons (Fsp3) is 0. The average Bonchev–Trinajstić information content (AvgIpc) is 2.57. The van der Waals surface area contributed by atoms with Crippen LogP contribution in [0.2, 0.25) is 0 Å². The van der Waals surface area contributed by atoms with Crippen molar-refractivity contribution in [2.24, 2.45) is 0 Å². The Morgan fingerprint density at radius 3 is 2.00 bits per heavy atom. The predicted octanol–water partition coefficient (Wildman–Crippen LogP) is 4.53. The van der Waals surface area contributed by atoms with Crippen molar-refractivity contribution in [3.63, 3.8) is 0 Å². The zero-order chi connectivity index (χ0) is 15.1. The highest BCUT2D eigenvalue weighted by molar-refractivity contribution is 6.40. The molecule has 4 aromatic carbocycles. The van der Waals surface area contributed by atoms with Crippen LogP contribution in [0.15, 0.2) is 66.7 Å². The van der Waals surface area contributed by atoms with Gasteiger partial charge in [-0.15, -0.1) is 0 Å². The molecule has 0 atom stereocenters. The molecular formula is C20H12O2. The van der Waals surface area contributed by atoms with Gasteiger partial charge in [0.25, 0.3) is 0 Å². The van der Waals surface area contributed by atoms with Gasteiger partial charge in [0, 0.05) is 5.56 Å². The van der Waals surface area contributed by atoms with E-state index in [0.717, 1.165) is 32.3 Å². The van der Waals surface area contributed by atoms with Crippen molar-refractivity contribution in [2.75, 3.05) is 0 Å². The Hall–Kier alpha value is -3.00. The number of fused-ring (bicyclic) bond motifs is 3. The van der Waals surface area contributed by atoms with E-state index < -0.39 is 5.78 Å². The number of rotatable bonds is 2. The van der Waals surface area contributed by atoms with Gasteiger partial charge in [0.1, 0.15) is 0 Å².